The number of hydrogen-bond donors (Lipinski definition) is 1. The topological polar surface area (TPSA) is 84.8 Å². The van der Waals surface area contributed by atoms with Gasteiger partial charge in [-0.1, -0.05) is 0 Å². The molecule has 1 N–H and O–H groups in total. The molecule has 0 aromatic carbocycles. The minimum Gasteiger partial charge on any atom is -0.324 e. The number of amides is 2. The molecule has 2 amide bonds. The highest BCUT2D eigenvalue weighted by Gasteiger charge is 2.29. The van der Waals surface area contributed by atoms with Crippen LogP contribution in [0, 0.1) is 5.41 Å². The molecule has 1 heterocycles. The Morgan fingerprint density at radius 2 is 1.83 bits per heavy atom. The molecule has 1 rings (SSSR count). The summed E-state index contributed by atoms with van der Waals surface area (Å²) in [4.78, 5) is 14.6. The fraction of sp³-hybridized carbons (Fsp3) is 0.800. The number of rotatable bonds is 3. The molecule has 1 aliphatic rings. The molecule has 0 unspecified atom stereocenters. The number of urea groups is 1. The molecule has 0 aliphatic carbocycles. The van der Waals surface area contributed by atoms with Gasteiger partial charge in [0.25, 0.3) is 0 Å². The molecule has 0 bridgehead atoms. The SMILES string of the molecule is CN(C=N)C(=O)N(C)C1CCN(S(C)(=O)=O)CC1. The van der Waals surface area contributed by atoms with Crippen molar-refractivity contribution >= 4 is 22.4 Å². The molecule has 1 fully saturated rings. The molecule has 1 aliphatic heterocycles. The van der Waals surface area contributed by atoms with E-state index in [0.29, 0.717) is 25.9 Å². The van der Waals surface area contributed by atoms with E-state index in [1.807, 2.05) is 0 Å². The summed E-state index contributed by atoms with van der Waals surface area (Å²) in [6, 6.07) is -0.222. The van der Waals surface area contributed by atoms with Crippen molar-refractivity contribution in [1.29, 1.82) is 5.41 Å². The molecular formula is C10H20N4O3S. The lowest BCUT2D eigenvalue weighted by Crippen LogP contribution is -2.49. The average molecular weight is 276 g/mol. The third-order valence-corrected chi connectivity index (χ3v) is 4.54. The first-order chi connectivity index (χ1) is 8.27. The lowest BCUT2D eigenvalue weighted by Gasteiger charge is -2.36. The number of nitrogens with zero attached hydrogens (tertiary/aromatic N) is 3. The summed E-state index contributed by atoms with van der Waals surface area (Å²) in [7, 11) is 0.0760. The van der Waals surface area contributed by atoms with E-state index in [-0.39, 0.29) is 12.1 Å². The van der Waals surface area contributed by atoms with Gasteiger partial charge in [0.05, 0.1) is 12.6 Å². The molecule has 8 heteroatoms. The molecule has 0 atom stereocenters. The minimum atomic E-state index is -3.13. The Bertz CT molecular complexity index is 415. The first-order valence-corrected chi connectivity index (χ1v) is 7.57. The van der Waals surface area contributed by atoms with Crippen molar-refractivity contribution in [3.8, 4) is 0 Å². The Hall–Kier alpha value is -1.15. The van der Waals surface area contributed by atoms with Crippen LogP contribution in [0.5, 0.6) is 0 Å². The van der Waals surface area contributed by atoms with Gasteiger partial charge in [-0.15, -0.1) is 0 Å². The predicted octanol–water partition coefficient (Wildman–Crippen LogP) is 0.00107. The van der Waals surface area contributed by atoms with E-state index in [1.54, 1.807) is 11.9 Å². The van der Waals surface area contributed by atoms with Gasteiger partial charge in [-0.25, -0.2) is 17.5 Å². The molecule has 0 aromatic rings. The van der Waals surface area contributed by atoms with Gasteiger partial charge in [0.15, 0.2) is 0 Å². The van der Waals surface area contributed by atoms with Crippen molar-refractivity contribution in [1.82, 2.24) is 14.1 Å². The molecule has 104 valence electrons. The smallest absolute Gasteiger partial charge is 0.324 e. The van der Waals surface area contributed by atoms with E-state index in [1.165, 1.54) is 22.5 Å². The first-order valence-electron chi connectivity index (χ1n) is 5.72. The number of nitrogens with one attached hydrogen (secondary N) is 1. The number of hydrogen-bond acceptors (Lipinski definition) is 4. The van der Waals surface area contributed by atoms with Gasteiger partial charge in [-0.2, -0.15) is 0 Å². The van der Waals surface area contributed by atoms with E-state index in [0.717, 1.165) is 6.34 Å². The van der Waals surface area contributed by atoms with E-state index in [4.69, 9.17) is 5.41 Å². The van der Waals surface area contributed by atoms with Crippen LogP contribution in [0.1, 0.15) is 12.8 Å². The van der Waals surface area contributed by atoms with Crippen molar-refractivity contribution in [3.05, 3.63) is 0 Å². The van der Waals surface area contributed by atoms with Gasteiger partial charge in [-0.3, -0.25) is 10.3 Å². The van der Waals surface area contributed by atoms with Crippen molar-refractivity contribution in [2.45, 2.75) is 18.9 Å². The first kappa shape index (κ1) is 14.9. The van der Waals surface area contributed by atoms with Crippen LogP contribution >= 0.6 is 0 Å². The highest BCUT2D eigenvalue weighted by molar-refractivity contribution is 7.88. The maximum atomic E-state index is 11.8. The molecule has 0 aromatic heterocycles. The Labute approximate surface area is 108 Å². The zero-order valence-corrected chi connectivity index (χ0v) is 11.8. The van der Waals surface area contributed by atoms with Crippen molar-refractivity contribution in [3.63, 3.8) is 0 Å². The third kappa shape index (κ3) is 3.42. The maximum absolute atomic E-state index is 11.8. The average Bonchev–Trinajstić information content (AvgIpc) is 2.35. The van der Waals surface area contributed by atoms with Gasteiger partial charge >= 0.3 is 6.03 Å². The normalized spacial score (nSPS) is 18.4. The zero-order chi connectivity index (χ0) is 13.9. The van der Waals surface area contributed by atoms with Gasteiger partial charge < -0.3 is 4.90 Å². The van der Waals surface area contributed by atoms with E-state index in [2.05, 4.69) is 0 Å². The fourth-order valence-electron chi connectivity index (χ4n) is 2.02. The summed E-state index contributed by atoms with van der Waals surface area (Å²) >= 11 is 0. The Kier molecular flexibility index (Phi) is 4.69. The summed E-state index contributed by atoms with van der Waals surface area (Å²) in [5.74, 6) is 0. The van der Waals surface area contributed by atoms with Crippen LogP contribution in [0.15, 0.2) is 0 Å². The lowest BCUT2D eigenvalue weighted by molar-refractivity contribution is 0.150. The zero-order valence-electron chi connectivity index (χ0n) is 11.0. The largest absolute Gasteiger partial charge is 0.324 e. The second kappa shape index (κ2) is 5.66. The number of carbonyl (C=O) groups excluding carboxylic acids is 1. The highest BCUT2D eigenvalue weighted by atomic mass is 32.2. The van der Waals surface area contributed by atoms with Gasteiger partial charge in [0, 0.05) is 33.2 Å². The van der Waals surface area contributed by atoms with Gasteiger partial charge in [0.2, 0.25) is 10.0 Å². The second-order valence-electron chi connectivity index (χ2n) is 4.53. The summed E-state index contributed by atoms with van der Waals surface area (Å²) in [6.07, 6.45) is 3.41. The molecule has 0 saturated carbocycles. The number of carbonyl (C=O) groups is 1. The predicted molar refractivity (Wildman–Crippen MR) is 69.1 cm³/mol. The van der Waals surface area contributed by atoms with Crippen LogP contribution in [0.4, 0.5) is 4.79 Å². The summed E-state index contributed by atoms with van der Waals surface area (Å²) < 4.78 is 24.1. The van der Waals surface area contributed by atoms with Crippen molar-refractivity contribution in [2.75, 3.05) is 33.4 Å². The Morgan fingerprint density at radius 3 is 2.22 bits per heavy atom. The Morgan fingerprint density at radius 1 is 1.33 bits per heavy atom. The lowest BCUT2D eigenvalue weighted by atomic mass is 10.1. The Balaban J connectivity index is 2.58. The molecule has 18 heavy (non-hydrogen) atoms. The standard InChI is InChI=1S/C10H20N4O3S/c1-12(8-11)10(15)13(2)9-4-6-14(7-5-9)18(3,16)17/h8-9,11H,4-7H2,1-3H3. The molecule has 7 nitrogen and oxygen atoms in total. The fourth-order valence-corrected chi connectivity index (χ4v) is 2.90. The van der Waals surface area contributed by atoms with Crippen LogP contribution in [-0.4, -0.2) is 74.4 Å². The number of sulfonamides is 1. The van der Waals surface area contributed by atoms with E-state index < -0.39 is 10.0 Å². The van der Waals surface area contributed by atoms with Crippen LogP contribution in [-0.2, 0) is 10.0 Å². The van der Waals surface area contributed by atoms with E-state index in [9.17, 15) is 13.2 Å². The monoisotopic (exact) mass is 276 g/mol. The maximum Gasteiger partial charge on any atom is 0.324 e. The van der Waals surface area contributed by atoms with Crippen LogP contribution in [0.2, 0.25) is 0 Å². The van der Waals surface area contributed by atoms with Crippen LogP contribution < -0.4 is 0 Å². The van der Waals surface area contributed by atoms with Crippen molar-refractivity contribution < 1.29 is 13.2 Å². The molecule has 0 radical (unpaired) electrons. The van der Waals surface area contributed by atoms with Crippen molar-refractivity contribution in [2.24, 2.45) is 0 Å². The summed E-state index contributed by atoms with van der Waals surface area (Å²) in [5.41, 5.74) is 0. The molecule has 1 saturated heterocycles. The van der Waals surface area contributed by atoms with Gasteiger partial charge in [0.1, 0.15) is 0 Å². The third-order valence-electron chi connectivity index (χ3n) is 3.24. The minimum absolute atomic E-state index is 0.0258. The quantitative estimate of drug-likeness (QED) is 0.581. The van der Waals surface area contributed by atoms with Gasteiger partial charge in [-0.05, 0) is 12.8 Å². The highest BCUT2D eigenvalue weighted by Crippen LogP contribution is 2.18. The molecular weight excluding hydrogens is 256 g/mol. The summed E-state index contributed by atoms with van der Waals surface area (Å²) in [6.45, 7) is 0.880. The summed E-state index contributed by atoms with van der Waals surface area (Å²) in [5, 5.41) is 7.03. The number of piperidine rings is 1. The second-order valence-corrected chi connectivity index (χ2v) is 6.51. The van der Waals surface area contributed by atoms with Crippen LogP contribution in [0.3, 0.4) is 0 Å². The van der Waals surface area contributed by atoms with Crippen LogP contribution in [0.25, 0.3) is 0 Å². The molecule has 0 spiro atoms. The van der Waals surface area contributed by atoms with E-state index >= 15 is 0 Å².